The van der Waals surface area contributed by atoms with Crippen LogP contribution in [-0.4, -0.2) is 48.1 Å². The van der Waals surface area contributed by atoms with Crippen LogP contribution in [0.4, 0.5) is 0 Å². The van der Waals surface area contributed by atoms with E-state index in [1.54, 1.807) is 12.1 Å². The van der Waals surface area contributed by atoms with Crippen molar-refractivity contribution in [1.82, 2.24) is 25.8 Å². The van der Waals surface area contributed by atoms with E-state index in [2.05, 4.69) is 32.2 Å². The molecule has 11 heteroatoms. The van der Waals surface area contributed by atoms with Gasteiger partial charge in [-0.3, -0.25) is 14.4 Å². The van der Waals surface area contributed by atoms with E-state index in [4.69, 9.17) is 0 Å². The van der Waals surface area contributed by atoms with Gasteiger partial charge in [0.05, 0.1) is 12.7 Å². The normalized spacial score (nSPS) is 11.7. The van der Waals surface area contributed by atoms with Crippen LogP contribution in [0.5, 0.6) is 5.75 Å². The molecule has 0 saturated carbocycles. The highest BCUT2D eigenvalue weighted by Crippen LogP contribution is 2.27. The largest absolute Gasteiger partial charge is 0.506 e. The fourth-order valence-corrected chi connectivity index (χ4v) is 3.98. The molecule has 0 unspecified atom stereocenters. The molecular formula is C21H27N5O5S. The highest BCUT2D eigenvalue weighted by molar-refractivity contribution is 7.86. The zero-order valence-corrected chi connectivity index (χ0v) is 19.1. The number of carbonyl (C=O) groups is 1. The monoisotopic (exact) mass is 461 g/mol. The molecule has 0 saturated heterocycles. The average molecular weight is 462 g/mol. The fourth-order valence-electron chi connectivity index (χ4n) is 3.13. The first-order valence-electron chi connectivity index (χ1n) is 10.4. The SMILES string of the molecule is CCCCc1ccc(O)c(-n2nc3cc(C(=O)NNCCC)c(S(=O)(=O)OC)cc3n2)c1. The van der Waals surface area contributed by atoms with Gasteiger partial charge >= 0.3 is 0 Å². The van der Waals surface area contributed by atoms with Gasteiger partial charge in [0.2, 0.25) is 0 Å². The smallest absolute Gasteiger partial charge is 0.297 e. The van der Waals surface area contributed by atoms with E-state index in [-0.39, 0.29) is 21.7 Å². The summed E-state index contributed by atoms with van der Waals surface area (Å²) in [6.45, 7) is 4.54. The molecule has 0 spiro atoms. The minimum atomic E-state index is -4.19. The zero-order valence-electron chi connectivity index (χ0n) is 18.3. The maximum absolute atomic E-state index is 12.6. The molecular weight excluding hydrogens is 434 g/mol. The minimum Gasteiger partial charge on any atom is -0.506 e. The Balaban J connectivity index is 2.10. The number of benzene rings is 2. The third-order valence-corrected chi connectivity index (χ3v) is 6.18. The second kappa shape index (κ2) is 10.1. The van der Waals surface area contributed by atoms with Crippen molar-refractivity contribution in [2.24, 2.45) is 0 Å². The van der Waals surface area contributed by atoms with Crippen LogP contribution in [0.25, 0.3) is 16.7 Å². The number of phenols is 1. The van der Waals surface area contributed by atoms with Gasteiger partial charge in [0, 0.05) is 6.54 Å². The number of hydrogen-bond donors (Lipinski definition) is 3. The predicted molar refractivity (Wildman–Crippen MR) is 119 cm³/mol. The van der Waals surface area contributed by atoms with Gasteiger partial charge < -0.3 is 5.11 Å². The molecule has 1 amide bonds. The van der Waals surface area contributed by atoms with Gasteiger partial charge in [0.1, 0.15) is 27.4 Å². The molecule has 0 aliphatic heterocycles. The average Bonchev–Trinajstić information content (AvgIpc) is 3.20. The molecule has 2 aromatic carbocycles. The molecule has 0 aliphatic carbocycles. The van der Waals surface area contributed by atoms with Crippen molar-refractivity contribution in [3.05, 3.63) is 41.5 Å². The van der Waals surface area contributed by atoms with E-state index in [0.717, 1.165) is 38.4 Å². The van der Waals surface area contributed by atoms with E-state index in [1.165, 1.54) is 16.9 Å². The number of nitrogens with one attached hydrogen (secondary N) is 2. The van der Waals surface area contributed by atoms with Crippen molar-refractivity contribution < 1.29 is 22.5 Å². The Kier molecular flexibility index (Phi) is 7.44. The molecule has 0 aliphatic rings. The summed E-state index contributed by atoms with van der Waals surface area (Å²) in [6.07, 6.45) is 3.66. The quantitative estimate of drug-likeness (QED) is 0.238. The number of fused-ring (bicyclic) bond motifs is 1. The molecule has 10 nitrogen and oxygen atoms in total. The number of hydrogen-bond acceptors (Lipinski definition) is 8. The molecule has 0 radical (unpaired) electrons. The summed E-state index contributed by atoms with van der Waals surface area (Å²) in [5.74, 6) is -0.660. The summed E-state index contributed by atoms with van der Waals surface area (Å²) < 4.78 is 29.5. The van der Waals surface area contributed by atoms with Gasteiger partial charge in [-0.15, -0.1) is 15.0 Å². The number of nitrogens with zero attached hydrogens (tertiary/aromatic N) is 3. The van der Waals surface area contributed by atoms with Crippen LogP contribution in [0.15, 0.2) is 35.2 Å². The molecule has 3 aromatic rings. The molecule has 0 atom stereocenters. The molecule has 3 rings (SSSR count). The van der Waals surface area contributed by atoms with Gasteiger partial charge in [-0.2, -0.15) is 8.42 Å². The molecule has 1 heterocycles. The third kappa shape index (κ3) is 5.06. The molecule has 0 bridgehead atoms. The number of aromatic nitrogens is 3. The Hall–Kier alpha value is -3.02. The number of phenolic OH excluding ortho intramolecular Hbond substituents is 1. The lowest BCUT2D eigenvalue weighted by atomic mass is 10.1. The fraction of sp³-hybridized carbons (Fsp3) is 0.381. The number of hydrazine groups is 1. The summed E-state index contributed by atoms with van der Waals surface area (Å²) in [5, 5.41) is 19.0. The van der Waals surface area contributed by atoms with E-state index >= 15 is 0 Å². The van der Waals surface area contributed by atoms with Gasteiger partial charge in [-0.1, -0.05) is 26.3 Å². The Bertz CT molecular complexity index is 1220. The molecule has 172 valence electrons. The van der Waals surface area contributed by atoms with E-state index in [0.29, 0.717) is 17.7 Å². The predicted octanol–water partition coefficient (Wildman–Crippen LogP) is 2.45. The highest BCUT2D eigenvalue weighted by Gasteiger charge is 2.25. The first kappa shape index (κ1) is 23.6. The van der Waals surface area contributed by atoms with Crippen molar-refractivity contribution in [1.29, 1.82) is 0 Å². The Morgan fingerprint density at radius 3 is 2.50 bits per heavy atom. The van der Waals surface area contributed by atoms with Crippen molar-refractivity contribution >= 4 is 27.1 Å². The van der Waals surface area contributed by atoms with Gasteiger partial charge in [-0.25, -0.2) is 5.43 Å². The number of aryl methyl sites for hydroxylation is 1. The first-order chi connectivity index (χ1) is 15.3. The summed E-state index contributed by atoms with van der Waals surface area (Å²) in [4.78, 5) is 13.5. The van der Waals surface area contributed by atoms with Crippen LogP contribution in [0.2, 0.25) is 0 Å². The van der Waals surface area contributed by atoms with Crippen LogP contribution in [-0.2, 0) is 20.7 Å². The van der Waals surface area contributed by atoms with E-state index in [9.17, 15) is 18.3 Å². The second-order valence-electron chi connectivity index (χ2n) is 7.25. The first-order valence-corrected chi connectivity index (χ1v) is 11.8. The van der Waals surface area contributed by atoms with Gasteiger partial charge in [-0.05, 0) is 49.1 Å². The van der Waals surface area contributed by atoms with Crippen LogP contribution >= 0.6 is 0 Å². The maximum Gasteiger partial charge on any atom is 0.297 e. The number of unbranched alkanes of at least 4 members (excludes halogenated alkanes) is 1. The summed E-state index contributed by atoms with van der Waals surface area (Å²) in [7, 11) is -3.17. The second-order valence-corrected chi connectivity index (χ2v) is 8.94. The van der Waals surface area contributed by atoms with E-state index in [1.807, 2.05) is 13.0 Å². The van der Waals surface area contributed by atoms with Crippen molar-refractivity contribution in [3.8, 4) is 11.4 Å². The van der Waals surface area contributed by atoms with Crippen LogP contribution in [0, 0.1) is 0 Å². The highest BCUT2D eigenvalue weighted by atomic mass is 32.2. The minimum absolute atomic E-state index is 0.0166. The lowest BCUT2D eigenvalue weighted by molar-refractivity contribution is 0.0930. The lowest BCUT2D eigenvalue weighted by Gasteiger charge is -2.10. The number of carbonyl (C=O) groups excluding carboxylic acids is 1. The van der Waals surface area contributed by atoms with Gasteiger partial charge in [0.15, 0.2) is 0 Å². The Morgan fingerprint density at radius 2 is 1.84 bits per heavy atom. The Labute approximate surface area is 186 Å². The third-order valence-electron chi connectivity index (χ3n) is 4.87. The lowest BCUT2D eigenvalue weighted by Crippen LogP contribution is -2.38. The zero-order chi connectivity index (χ0) is 23.3. The Morgan fingerprint density at radius 1 is 1.12 bits per heavy atom. The van der Waals surface area contributed by atoms with Crippen LogP contribution < -0.4 is 10.9 Å². The molecule has 32 heavy (non-hydrogen) atoms. The summed E-state index contributed by atoms with van der Waals surface area (Å²) >= 11 is 0. The van der Waals surface area contributed by atoms with Crippen molar-refractivity contribution in [2.45, 2.75) is 44.4 Å². The standard InChI is InChI=1S/C21H27N5O5S/c1-4-6-7-14-8-9-19(27)18(11-14)26-24-16-12-15(21(28)23-22-10-5-2)20(13-17(16)25-26)32(29,30)31-3/h8-9,11-13,22,27H,4-7,10H2,1-3H3,(H,23,28). The van der Waals surface area contributed by atoms with E-state index < -0.39 is 16.0 Å². The maximum atomic E-state index is 12.6. The van der Waals surface area contributed by atoms with Crippen LogP contribution in [0.1, 0.15) is 49.0 Å². The number of amides is 1. The molecule has 3 N–H and O–H groups in total. The summed E-state index contributed by atoms with van der Waals surface area (Å²) in [6, 6.07) is 7.79. The topological polar surface area (TPSA) is 135 Å². The van der Waals surface area contributed by atoms with Gasteiger partial charge in [0.25, 0.3) is 16.0 Å². The van der Waals surface area contributed by atoms with Crippen molar-refractivity contribution in [3.63, 3.8) is 0 Å². The van der Waals surface area contributed by atoms with Crippen LogP contribution in [0.3, 0.4) is 0 Å². The number of rotatable bonds is 10. The van der Waals surface area contributed by atoms with Crippen molar-refractivity contribution in [2.75, 3.05) is 13.7 Å². The molecule has 1 aromatic heterocycles. The number of aromatic hydroxyl groups is 1. The summed E-state index contributed by atoms with van der Waals surface area (Å²) in [5.41, 5.74) is 6.98. The molecule has 0 fully saturated rings.